The van der Waals surface area contributed by atoms with Gasteiger partial charge in [-0.2, -0.15) is 0 Å². The number of carbonyl (C=O) groups is 1. The molecule has 94 valence electrons. The van der Waals surface area contributed by atoms with Crippen LogP contribution in [0.25, 0.3) is 0 Å². The van der Waals surface area contributed by atoms with Gasteiger partial charge in [-0.05, 0) is 55.4 Å². The molecule has 0 radical (unpaired) electrons. The summed E-state index contributed by atoms with van der Waals surface area (Å²) in [5.41, 5.74) is 2.43. The third kappa shape index (κ3) is 3.66. The maximum atomic E-state index is 12.4. The standard InChI is InChI=1S/C14H27NO/c1-9(2)12(7)13(8)14(16)15(10(3)4)11(5)6/h10-11,13H,1-8H3/t13-/m0/s1. The highest BCUT2D eigenvalue weighted by molar-refractivity contribution is 5.81. The number of carbonyl (C=O) groups excluding carboxylic acids is 1. The van der Waals surface area contributed by atoms with E-state index in [9.17, 15) is 4.79 Å². The van der Waals surface area contributed by atoms with Gasteiger partial charge in [-0.25, -0.2) is 0 Å². The first-order valence-electron chi connectivity index (χ1n) is 6.16. The first-order chi connectivity index (χ1) is 7.20. The second-order valence-corrected chi connectivity index (χ2v) is 5.34. The fraction of sp³-hybridized carbons (Fsp3) is 0.786. The van der Waals surface area contributed by atoms with Crippen molar-refractivity contribution in [2.45, 2.75) is 67.5 Å². The number of rotatable bonds is 4. The lowest BCUT2D eigenvalue weighted by Gasteiger charge is -2.33. The van der Waals surface area contributed by atoms with Crippen LogP contribution in [0.5, 0.6) is 0 Å². The third-order valence-corrected chi connectivity index (χ3v) is 3.18. The molecule has 0 aromatic heterocycles. The Morgan fingerprint density at radius 2 is 1.25 bits per heavy atom. The average Bonchev–Trinajstić information content (AvgIpc) is 2.13. The van der Waals surface area contributed by atoms with E-state index >= 15 is 0 Å². The lowest BCUT2D eigenvalue weighted by atomic mass is 9.96. The van der Waals surface area contributed by atoms with Gasteiger partial charge in [0.15, 0.2) is 0 Å². The van der Waals surface area contributed by atoms with Gasteiger partial charge in [-0.1, -0.05) is 11.1 Å². The summed E-state index contributed by atoms with van der Waals surface area (Å²) in [4.78, 5) is 14.3. The summed E-state index contributed by atoms with van der Waals surface area (Å²) in [6.07, 6.45) is 0. The van der Waals surface area contributed by atoms with Gasteiger partial charge in [0.2, 0.25) is 5.91 Å². The minimum absolute atomic E-state index is 0.00481. The molecule has 0 fully saturated rings. The molecule has 0 rings (SSSR count). The highest BCUT2D eigenvalue weighted by atomic mass is 16.2. The van der Waals surface area contributed by atoms with Gasteiger partial charge in [0.05, 0.1) is 5.92 Å². The number of amides is 1. The molecular weight excluding hydrogens is 198 g/mol. The fourth-order valence-electron chi connectivity index (χ4n) is 1.95. The topological polar surface area (TPSA) is 20.3 Å². The molecule has 0 aliphatic rings. The number of nitrogens with zero attached hydrogens (tertiary/aromatic N) is 1. The van der Waals surface area contributed by atoms with Gasteiger partial charge in [-0.3, -0.25) is 4.79 Å². The third-order valence-electron chi connectivity index (χ3n) is 3.18. The van der Waals surface area contributed by atoms with Gasteiger partial charge in [0.25, 0.3) is 0 Å². The predicted octanol–water partition coefficient (Wildman–Crippen LogP) is 3.62. The highest BCUT2D eigenvalue weighted by Gasteiger charge is 2.25. The van der Waals surface area contributed by atoms with Crippen molar-refractivity contribution in [2.24, 2.45) is 5.92 Å². The van der Waals surface area contributed by atoms with Gasteiger partial charge in [-0.15, -0.1) is 0 Å². The molecule has 0 aliphatic carbocycles. The molecule has 0 saturated carbocycles. The molecular formula is C14H27NO. The Morgan fingerprint density at radius 3 is 1.50 bits per heavy atom. The van der Waals surface area contributed by atoms with E-state index in [0.29, 0.717) is 0 Å². The Balaban J connectivity index is 4.97. The lowest BCUT2D eigenvalue weighted by Crippen LogP contribution is -2.45. The second kappa shape index (κ2) is 6.07. The van der Waals surface area contributed by atoms with Crippen LogP contribution in [0.1, 0.15) is 55.4 Å². The van der Waals surface area contributed by atoms with Crippen molar-refractivity contribution in [3.8, 4) is 0 Å². The molecule has 0 unspecified atom stereocenters. The van der Waals surface area contributed by atoms with Gasteiger partial charge in [0, 0.05) is 12.1 Å². The summed E-state index contributed by atoms with van der Waals surface area (Å²) in [5.74, 6) is 0.235. The molecule has 1 amide bonds. The second-order valence-electron chi connectivity index (χ2n) is 5.34. The van der Waals surface area contributed by atoms with Crippen molar-refractivity contribution >= 4 is 5.91 Å². The fourth-order valence-corrected chi connectivity index (χ4v) is 1.95. The summed E-state index contributed by atoms with van der Waals surface area (Å²) < 4.78 is 0. The molecule has 0 bridgehead atoms. The highest BCUT2D eigenvalue weighted by Crippen LogP contribution is 2.19. The van der Waals surface area contributed by atoms with Crippen molar-refractivity contribution < 1.29 is 4.79 Å². The first-order valence-corrected chi connectivity index (χ1v) is 6.16. The largest absolute Gasteiger partial charge is 0.337 e. The maximum absolute atomic E-state index is 12.4. The van der Waals surface area contributed by atoms with Gasteiger partial charge in [0.1, 0.15) is 0 Å². The zero-order valence-corrected chi connectivity index (χ0v) is 12.1. The van der Waals surface area contributed by atoms with E-state index in [1.165, 1.54) is 11.1 Å². The van der Waals surface area contributed by atoms with Crippen LogP contribution in [0.4, 0.5) is 0 Å². The first kappa shape index (κ1) is 15.2. The molecule has 16 heavy (non-hydrogen) atoms. The Bertz CT molecular complexity index is 264. The monoisotopic (exact) mass is 225 g/mol. The van der Waals surface area contributed by atoms with Crippen LogP contribution >= 0.6 is 0 Å². The van der Waals surface area contributed by atoms with Crippen LogP contribution in [-0.2, 0) is 4.79 Å². The molecule has 0 heterocycles. The average molecular weight is 225 g/mol. The summed E-state index contributed by atoms with van der Waals surface area (Å²) >= 11 is 0. The molecule has 0 aromatic rings. The van der Waals surface area contributed by atoms with Gasteiger partial charge >= 0.3 is 0 Å². The zero-order valence-electron chi connectivity index (χ0n) is 12.1. The van der Waals surface area contributed by atoms with E-state index < -0.39 is 0 Å². The van der Waals surface area contributed by atoms with Crippen LogP contribution in [-0.4, -0.2) is 22.9 Å². The molecule has 1 atom stereocenters. The molecule has 0 aliphatic heterocycles. The summed E-state index contributed by atoms with van der Waals surface area (Å²) in [6, 6.07) is 0.528. The Kier molecular flexibility index (Phi) is 5.77. The minimum atomic E-state index is -0.00481. The normalized spacial score (nSPS) is 12.9. The molecule has 0 aromatic carbocycles. The van der Waals surface area contributed by atoms with Crippen LogP contribution in [0, 0.1) is 5.92 Å². The van der Waals surface area contributed by atoms with Crippen molar-refractivity contribution in [2.75, 3.05) is 0 Å². The predicted molar refractivity (Wildman–Crippen MR) is 70.3 cm³/mol. The quantitative estimate of drug-likeness (QED) is 0.669. The van der Waals surface area contributed by atoms with E-state index in [2.05, 4.69) is 48.5 Å². The number of hydrogen-bond donors (Lipinski definition) is 0. The molecule has 0 N–H and O–H groups in total. The zero-order chi connectivity index (χ0) is 13.0. The minimum Gasteiger partial charge on any atom is -0.337 e. The Hall–Kier alpha value is -0.790. The van der Waals surface area contributed by atoms with Crippen LogP contribution in [0.15, 0.2) is 11.1 Å². The van der Waals surface area contributed by atoms with Crippen LogP contribution in [0.2, 0.25) is 0 Å². The van der Waals surface area contributed by atoms with Crippen LogP contribution in [0.3, 0.4) is 0 Å². The van der Waals surface area contributed by atoms with E-state index in [-0.39, 0.29) is 23.9 Å². The van der Waals surface area contributed by atoms with E-state index in [1.54, 1.807) is 0 Å². The van der Waals surface area contributed by atoms with E-state index in [4.69, 9.17) is 0 Å². The Labute approximate surface area is 101 Å². The van der Waals surface area contributed by atoms with Crippen molar-refractivity contribution in [1.29, 1.82) is 0 Å². The summed E-state index contributed by atoms with van der Waals surface area (Å²) in [6.45, 7) is 16.5. The lowest BCUT2D eigenvalue weighted by molar-refractivity contribution is -0.137. The molecule has 0 spiro atoms. The summed E-state index contributed by atoms with van der Waals surface area (Å²) in [5, 5.41) is 0. The number of allylic oxidation sites excluding steroid dienone is 1. The molecule has 0 saturated heterocycles. The van der Waals surface area contributed by atoms with Gasteiger partial charge < -0.3 is 4.90 Å². The maximum Gasteiger partial charge on any atom is 0.229 e. The van der Waals surface area contributed by atoms with Crippen molar-refractivity contribution in [1.82, 2.24) is 4.90 Å². The number of hydrogen-bond acceptors (Lipinski definition) is 1. The molecule has 2 nitrogen and oxygen atoms in total. The van der Waals surface area contributed by atoms with E-state index in [0.717, 1.165) is 0 Å². The van der Waals surface area contributed by atoms with Crippen molar-refractivity contribution in [3.63, 3.8) is 0 Å². The molecule has 2 heteroatoms. The van der Waals surface area contributed by atoms with Crippen LogP contribution < -0.4 is 0 Å². The Morgan fingerprint density at radius 1 is 0.875 bits per heavy atom. The SMILES string of the molecule is CC(C)=C(C)[C@H](C)C(=O)N(C(C)C)C(C)C. The smallest absolute Gasteiger partial charge is 0.229 e. The van der Waals surface area contributed by atoms with Crippen molar-refractivity contribution in [3.05, 3.63) is 11.1 Å². The summed E-state index contributed by atoms with van der Waals surface area (Å²) in [7, 11) is 0. The van der Waals surface area contributed by atoms with E-state index in [1.807, 2.05) is 11.8 Å².